The molecule has 2 aromatic rings. The van der Waals surface area contributed by atoms with Crippen molar-refractivity contribution >= 4 is 23.4 Å². The summed E-state index contributed by atoms with van der Waals surface area (Å²) in [5.41, 5.74) is 1.76. The quantitative estimate of drug-likeness (QED) is 0.670. The van der Waals surface area contributed by atoms with Crippen LogP contribution in [0.1, 0.15) is 42.6 Å². The van der Waals surface area contributed by atoms with Gasteiger partial charge in [0.1, 0.15) is 17.3 Å². The molecule has 0 aliphatic carbocycles. The zero-order chi connectivity index (χ0) is 26.0. The van der Waals surface area contributed by atoms with Gasteiger partial charge < -0.3 is 24.8 Å². The fourth-order valence-corrected chi connectivity index (χ4v) is 5.29. The number of piperidine rings is 1. The monoisotopic (exact) mass is 492 g/mol. The second kappa shape index (κ2) is 10.2. The van der Waals surface area contributed by atoms with Crippen molar-refractivity contribution in [3.8, 4) is 5.75 Å². The zero-order valence-electron chi connectivity index (χ0n) is 21.8. The number of carbonyl (C=O) groups excluding carboxylic acids is 3. The molecular weight excluding hydrogens is 456 g/mol. The van der Waals surface area contributed by atoms with E-state index in [-0.39, 0.29) is 23.6 Å². The Hall–Kier alpha value is -3.55. The highest BCUT2D eigenvalue weighted by Gasteiger charge is 2.53. The van der Waals surface area contributed by atoms with Crippen molar-refractivity contribution in [1.82, 2.24) is 15.1 Å². The molecule has 2 fully saturated rings. The van der Waals surface area contributed by atoms with Gasteiger partial charge in [-0.3, -0.25) is 14.4 Å². The highest BCUT2D eigenvalue weighted by atomic mass is 16.5. The number of ether oxygens (including phenoxy) is 1. The van der Waals surface area contributed by atoms with Gasteiger partial charge in [0.25, 0.3) is 5.91 Å². The third kappa shape index (κ3) is 4.76. The number of rotatable bonds is 6. The second-order valence-electron chi connectivity index (χ2n) is 10.2. The van der Waals surface area contributed by atoms with Crippen LogP contribution in [0.3, 0.4) is 0 Å². The van der Waals surface area contributed by atoms with Crippen LogP contribution in [0, 0.1) is 12.8 Å². The van der Waals surface area contributed by atoms with E-state index in [2.05, 4.69) is 10.2 Å². The first kappa shape index (κ1) is 25.5. The molecule has 2 saturated heterocycles. The molecule has 8 heteroatoms. The van der Waals surface area contributed by atoms with Gasteiger partial charge in [-0.05, 0) is 49.9 Å². The van der Waals surface area contributed by atoms with E-state index < -0.39 is 11.6 Å². The number of methoxy groups -OCH3 is 1. The van der Waals surface area contributed by atoms with E-state index in [0.29, 0.717) is 38.2 Å². The number of hydrogen-bond acceptors (Lipinski definition) is 5. The number of carbonyl (C=O) groups is 3. The molecule has 1 N–H and O–H groups in total. The van der Waals surface area contributed by atoms with E-state index in [1.54, 1.807) is 23.0 Å². The summed E-state index contributed by atoms with van der Waals surface area (Å²) in [6, 6.07) is 14.5. The van der Waals surface area contributed by atoms with E-state index in [0.717, 1.165) is 17.0 Å². The van der Waals surface area contributed by atoms with Gasteiger partial charge in [0.2, 0.25) is 11.8 Å². The van der Waals surface area contributed by atoms with E-state index in [1.165, 1.54) is 0 Å². The molecule has 2 aliphatic rings. The number of aryl methyl sites for hydroxylation is 1. The number of amides is 3. The lowest BCUT2D eigenvalue weighted by molar-refractivity contribution is -0.139. The Balaban J connectivity index is 1.49. The lowest BCUT2D eigenvalue weighted by Gasteiger charge is -2.44. The molecule has 0 saturated carbocycles. The van der Waals surface area contributed by atoms with Crippen LogP contribution in [0.4, 0.5) is 5.69 Å². The molecule has 4 rings (SSSR count). The number of likely N-dealkylation sites (tertiary alicyclic amines) is 1. The summed E-state index contributed by atoms with van der Waals surface area (Å²) in [7, 11) is 3.44. The summed E-state index contributed by atoms with van der Waals surface area (Å²) in [6.45, 7) is 7.18. The molecular formula is C28H36N4O4. The van der Waals surface area contributed by atoms with Crippen molar-refractivity contribution in [2.75, 3.05) is 38.8 Å². The maximum atomic E-state index is 13.5. The van der Waals surface area contributed by atoms with Gasteiger partial charge >= 0.3 is 0 Å². The van der Waals surface area contributed by atoms with Gasteiger partial charge in [0.05, 0.1) is 13.8 Å². The minimum atomic E-state index is -0.698. The highest BCUT2D eigenvalue weighted by Crippen LogP contribution is 2.40. The maximum Gasteiger partial charge on any atom is 0.251 e. The van der Waals surface area contributed by atoms with Crippen LogP contribution in [-0.2, 0) is 9.59 Å². The largest absolute Gasteiger partial charge is 0.497 e. The third-order valence-corrected chi connectivity index (χ3v) is 7.38. The van der Waals surface area contributed by atoms with Crippen molar-refractivity contribution in [3.05, 3.63) is 59.7 Å². The normalized spacial score (nSPS) is 18.1. The number of benzene rings is 2. The number of nitrogens with zero attached hydrogens (tertiary/aromatic N) is 3. The predicted molar refractivity (Wildman–Crippen MR) is 139 cm³/mol. The van der Waals surface area contributed by atoms with Crippen LogP contribution in [0.5, 0.6) is 5.75 Å². The van der Waals surface area contributed by atoms with Gasteiger partial charge in [-0.25, -0.2) is 0 Å². The Bertz CT molecular complexity index is 1140. The van der Waals surface area contributed by atoms with Gasteiger partial charge in [-0.15, -0.1) is 0 Å². The van der Waals surface area contributed by atoms with Crippen LogP contribution in [0.15, 0.2) is 48.5 Å². The SMILES string of the molecule is COc1cccc(N2CN(C)C(=O)C23CCN(C(=O)[C@H](NC(=O)c2cccc(C)c2)C(C)C)CC3)c1. The Labute approximate surface area is 213 Å². The summed E-state index contributed by atoms with van der Waals surface area (Å²) >= 11 is 0. The van der Waals surface area contributed by atoms with Crippen LogP contribution in [0.25, 0.3) is 0 Å². The van der Waals surface area contributed by atoms with Gasteiger partial charge in [0.15, 0.2) is 0 Å². The Morgan fingerprint density at radius 3 is 2.39 bits per heavy atom. The predicted octanol–water partition coefficient (Wildman–Crippen LogP) is 3.06. The zero-order valence-corrected chi connectivity index (χ0v) is 21.8. The van der Waals surface area contributed by atoms with Crippen LogP contribution >= 0.6 is 0 Å². The molecule has 0 aromatic heterocycles. The highest BCUT2D eigenvalue weighted by molar-refractivity contribution is 5.98. The summed E-state index contributed by atoms with van der Waals surface area (Å²) in [6.07, 6.45) is 1.05. The van der Waals surface area contributed by atoms with E-state index >= 15 is 0 Å². The molecule has 0 radical (unpaired) electrons. The van der Waals surface area contributed by atoms with Crippen LogP contribution in [-0.4, -0.2) is 73.0 Å². The molecule has 192 valence electrons. The average Bonchev–Trinajstić information content (AvgIpc) is 3.12. The van der Waals surface area contributed by atoms with Crippen molar-refractivity contribution < 1.29 is 19.1 Å². The van der Waals surface area contributed by atoms with Crippen molar-refractivity contribution in [2.24, 2.45) is 5.92 Å². The lowest BCUT2D eigenvalue weighted by Crippen LogP contribution is -2.60. The Morgan fingerprint density at radius 1 is 1.06 bits per heavy atom. The van der Waals surface area contributed by atoms with Crippen LogP contribution in [0.2, 0.25) is 0 Å². The molecule has 2 aliphatic heterocycles. The summed E-state index contributed by atoms with van der Waals surface area (Å²) in [4.78, 5) is 45.5. The molecule has 2 aromatic carbocycles. The minimum Gasteiger partial charge on any atom is -0.497 e. The second-order valence-corrected chi connectivity index (χ2v) is 10.2. The van der Waals surface area contributed by atoms with Crippen molar-refractivity contribution in [3.63, 3.8) is 0 Å². The average molecular weight is 493 g/mol. The van der Waals surface area contributed by atoms with E-state index in [4.69, 9.17) is 4.74 Å². The maximum absolute atomic E-state index is 13.5. The molecule has 36 heavy (non-hydrogen) atoms. The topological polar surface area (TPSA) is 82.2 Å². The fraction of sp³-hybridized carbons (Fsp3) is 0.464. The lowest BCUT2D eigenvalue weighted by atomic mass is 9.85. The summed E-state index contributed by atoms with van der Waals surface area (Å²) in [5.74, 6) is 0.380. The van der Waals surface area contributed by atoms with E-state index in [9.17, 15) is 14.4 Å². The number of nitrogens with one attached hydrogen (secondary N) is 1. The van der Waals surface area contributed by atoms with E-state index in [1.807, 2.05) is 70.3 Å². The molecule has 0 bridgehead atoms. The Morgan fingerprint density at radius 2 is 1.75 bits per heavy atom. The molecule has 3 amide bonds. The number of hydrogen-bond donors (Lipinski definition) is 1. The van der Waals surface area contributed by atoms with Crippen molar-refractivity contribution in [2.45, 2.75) is 45.2 Å². The Kier molecular flexibility index (Phi) is 7.24. The fourth-order valence-electron chi connectivity index (χ4n) is 5.29. The smallest absolute Gasteiger partial charge is 0.251 e. The molecule has 2 heterocycles. The molecule has 0 unspecified atom stereocenters. The van der Waals surface area contributed by atoms with Gasteiger partial charge in [-0.2, -0.15) is 0 Å². The first-order valence-corrected chi connectivity index (χ1v) is 12.5. The number of likely N-dealkylation sites (N-methyl/N-ethyl adjacent to an activating group) is 1. The first-order valence-electron chi connectivity index (χ1n) is 12.5. The summed E-state index contributed by atoms with van der Waals surface area (Å²) < 4.78 is 5.40. The molecule has 8 nitrogen and oxygen atoms in total. The standard InChI is InChI=1S/C28H36N4O4/c1-19(2)24(29-25(33)21-9-6-8-20(3)16-21)26(34)31-14-12-28(13-15-31)27(35)30(4)18-32(28)22-10-7-11-23(17-22)36-5/h6-11,16-17,19,24H,12-15,18H2,1-5H3,(H,29,33)/t24-/m1/s1. The van der Waals surface area contributed by atoms with Crippen molar-refractivity contribution in [1.29, 1.82) is 0 Å². The molecule has 1 atom stereocenters. The molecule has 1 spiro atoms. The van der Waals surface area contributed by atoms with Gasteiger partial charge in [-0.1, -0.05) is 37.6 Å². The summed E-state index contributed by atoms with van der Waals surface area (Å²) in [5, 5.41) is 2.95. The van der Waals surface area contributed by atoms with Gasteiger partial charge in [0, 0.05) is 37.5 Å². The van der Waals surface area contributed by atoms with Crippen LogP contribution < -0.4 is 15.0 Å². The number of anilines is 1. The third-order valence-electron chi connectivity index (χ3n) is 7.38. The minimum absolute atomic E-state index is 0.0744. The first-order chi connectivity index (χ1) is 17.2.